The molecule has 140 valence electrons. The summed E-state index contributed by atoms with van der Waals surface area (Å²) in [4.78, 5) is 34.8. The summed E-state index contributed by atoms with van der Waals surface area (Å²) in [5, 5.41) is 11.6. The van der Waals surface area contributed by atoms with Crippen LogP contribution in [0.1, 0.15) is 32.4 Å². The number of nitro groups is 1. The molecule has 9 heteroatoms. The Hall–Kier alpha value is -3.10. The summed E-state index contributed by atoms with van der Waals surface area (Å²) in [6.45, 7) is 4.83. The summed E-state index contributed by atoms with van der Waals surface area (Å²) < 4.78 is 20.8. The number of ether oxygens (including phenoxy) is 3. The molecule has 1 atom stereocenters. The Balaban J connectivity index is 2.84. The van der Waals surface area contributed by atoms with Crippen LogP contribution in [-0.4, -0.2) is 25.1 Å². The van der Waals surface area contributed by atoms with Gasteiger partial charge in [-0.2, -0.15) is 0 Å². The number of carbonyl (C=O) groups is 1. The molecule has 0 saturated heterocycles. The fourth-order valence-electron chi connectivity index (χ4n) is 2.49. The van der Waals surface area contributed by atoms with Crippen molar-refractivity contribution in [2.24, 2.45) is 5.92 Å². The number of esters is 1. The van der Waals surface area contributed by atoms with Crippen LogP contribution in [0.15, 0.2) is 21.3 Å². The number of carbonyl (C=O) groups excluding carboxylic acids is 1. The maximum atomic E-state index is 12.0. The highest BCUT2D eigenvalue weighted by Gasteiger charge is 2.29. The van der Waals surface area contributed by atoms with Crippen LogP contribution in [0, 0.1) is 16.0 Å². The molecule has 0 saturated carbocycles. The van der Waals surface area contributed by atoms with Crippen LogP contribution in [0.4, 0.5) is 5.69 Å². The Morgan fingerprint density at radius 1 is 1.19 bits per heavy atom. The Morgan fingerprint density at radius 3 is 2.35 bits per heavy atom. The molecule has 26 heavy (non-hydrogen) atoms. The highest BCUT2D eigenvalue weighted by atomic mass is 16.6. The minimum absolute atomic E-state index is 0.0105. The number of nitrogens with zero attached hydrogens (tertiary/aromatic N) is 1. The average Bonchev–Trinajstić information content (AvgIpc) is 2.58. The van der Waals surface area contributed by atoms with Gasteiger partial charge >= 0.3 is 11.6 Å². The van der Waals surface area contributed by atoms with Gasteiger partial charge in [-0.05, 0) is 6.92 Å². The first-order chi connectivity index (χ1) is 12.2. The highest BCUT2D eigenvalue weighted by Crippen LogP contribution is 2.43. The second-order valence-electron chi connectivity index (χ2n) is 5.85. The lowest BCUT2D eigenvalue weighted by Crippen LogP contribution is -2.16. The van der Waals surface area contributed by atoms with Gasteiger partial charge in [-0.25, -0.2) is 4.79 Å². The van der Waals surface area contributed by atoms with Crippen LogP contribution in [0.25, 0.3) is 11.0 Å². The largest absolute Gasteiger partial charge is 0.492 e. The van der Waals surface area contributed by atoms with Crippen molar-refractivity contribution in [3.63, 3.8) is 0 Å². The molecule has 0 spiro atoms. The molecular formula is C17H19NO8. The Morgan fingerprint density at radius 2 is 1.85 bits per heavy atom. The second kappa shape index (κ2) is 7.42. The number of hydrogen-bond donors (Lipinski definition) is 0. The van der Waals surface area contributed by atoms with Crippen LogP contribution in [0.5, 0.6) is 11.5 Å². The van der Waals surface area contributed by atoms with Crippen LogP contribution >= 0.6 is 0 Å². The van der Waals surface area contributed by atoms with E-state index < -0.39 is 28.5 Å². The van der Waals surface area contributed by atoms with Gasteiger partial charge in [0.05, 0.1) is 31.1 Å². The van der Waals surface area contributed by atoms with E-state index in [0.29, 0.717) is 0 Å². The fraction of sp³-hybridized carbons (Fsp3) is 0.412. The predicted octanol–water partition coefficient (Wildman–Crippen LogP) is 2.98. The van der Waals surface area contributed by atoms with E-state index in [0.717, 1.165) is 6.07 Å². The van der Waals surface area contributed by atoms with E-state index >= 15 is 0 Å². The minimum Gasteiger partial charge on any atom is -0.492 e. The lowest BCUT2D eigenvalue weighted by molar-refractivity contribution is -0.383. The standard InChI is InChI=1S/C17H19NO8/c1-8(2)17(20)25-9(3)10-6-13(19)26-16-14(10)11(18(21)22)7-12(23-4)15(16)24-5/h6-9H,1-5H3. The number of hydrogen-bond acceptors (Lipinski definition) is 8. The van der Waals surface area contributed by atoms with Gasteiger partial charge in [-0.3, -0.25) is 14.9 Å². The first-order valence-electron chi connectivity index (χ1n) is 7.78. The molecular weight excluding hydrogens is 346 g/mol. The summed E-state index contributed by atoms with van der Waals surface area (Å²) in [5.74, 6) is -0.816. The van der Waals surface area contributed by atoms with Crippen molar-refractivity contribution in [3.05, 3.63) is 38.2 Å². The Bertz CT molecular complexity index is 915. The molecule has 2 rings (SSSR count). The van der Waals surface area contributed by atoms with Gasteiger partial charge in [-0.1, -0.05) is 13.8 Å². The third-order valence-corrected chi connectivity index (χ3v) is 3.77. The molecule has 0 fully saturated rings. The highest BCUT2D eigenvalue weighted by molar-refractivity contribution is 5.96. The van der Waals surface area contributed by atoms with Crippen molar-refractivity contribution in [1.82, 2.24) is 0 Å². The molecule has 0 N–H and O–H groups in total. The SMILES string of the molecule is COc1cc([N+](=O)[O-])c2c(C(C)OC(=O)C(C)C)cc(=O)oc2c1OC. The lowest BCUT2D eigenvalue weighted by Gasteiger charge is -2.17. The maximum absolute atomic E-state index is 12.0. The van der Waals surface area contributed by atoms with E-state index in [1.54, 1.807) is 13.8 Å². The molecule has 1 aromatic carbocycles. The summed E-state index contributed by atoms with van der Waals surface area (Å²) in [5.41, 5.74) is -1.11. The van der Waals surface area contributed by atoms with Crippen LogP contribution in [-0.2, 0) is 9.53 Å². The molecule has 0 bridgehead atoms. The average molecular weight is 365 g/mol. The van der Waals surface area contributed by atoms with Gasteiger partial charge in [0, 0.05) is 11.6 Å². The number of rotatable bonds is 6. The number of non-ortho nitro benzene ring substituents is 1. The topological polar surface area (TPSA) is 118 Å². The molecule has 9 nitrogen and oxygen atoms in total. The van der Waals surface area contributed by atoms with E-state index in [-0.39, 0.29) is 33.7 Å². The Kier molecular flexibility index (Phi) is 5.49. The normalized spacial score (nSPS) is 12.1. The molecule has 2 aromatic rings. The summed E-state index contributed by atoms with van der Waals surface area (Å²) in [6, 6.07) is 2.24. The van der Waals surface area contributed by atoms with Crippen LogP contribution in [0.2, 0.25) is 0 Å². The number of benzene rings is 1. The molecule has 0 aliphatic carbocycles. The van der Waals surface area contributed by atoms with Gasteiger partial charge in [0.25, 0.3) is 5.69 Å². The predicted molar refractivity (Wildman–Crippen MR) is 91.6 cm³/mol. The smallest absolute Gasteiger partial charge is 0.336 e. The quantitative estimate of drug-likeness (QED) is 0.332. The van der Waals surface area contributed by atoms with Crippen molar-refractivity contribution in [2.45, 2.75) is 26.9 Å². The van der Waals surface area contributed by atoms with E-state index in [9.17, 15) is 19.7 Å². The summed E-state index contributed by atoms with van der Waals surface area (Å²) in [6.07, 6.45) is -0.909. The van der Waals surface area contributed by atoms with Crippen molar-refractivity contribution in [3.8, 4) is 11.5 Å². The summed E-state index contributed by atoms with van der Waals surface area (Å²) in [7, 11) is 2.63. The van der Waals surface area contributed by atoms with Gasteiger partial charge in [0.2, 0.25) is 5.75 Å². The molecule has 0 amide bonds. The number of nitro benzene ring substituents is 1. The van der Waals surface area contributed by atoms with Crippen molar-refractivity contribution in [2.75, 3.05) is 14.2 Å². The van der Waals surface area contributed by atoms with Crippen molar-refractivity contribution >= 4 is 22.6 Å². The van der Waals surface area contributed by atoms with Gasteiger partial charge in [0.1, 0.15) is 11.5 Å². The van der Waals surface area contributed by atoms with Crippen molar-refractivity contribution in [1.29, 1.82) is 0 Å². The van der Waals surface area contributed by atoms with Gasteiger partial charge < -0.3 is 18.6 Å². The van der Waals surface area contributed by atoms with E-state index in [1.165, 1.54) is 27.2 Å². The second-order valence-corrected chi connectivity index (χ2v) is 5.85. The Labute approximate surface area is 148 Å². The molecule has 1 aromatic heterocycles. The summed E-state index contributed by atoms with van der Waals surface area (Å²) >= 11 is 0. The van der Waals surface area contributed by atoms with E-state index in [4.69, 9.17) is 18.6 Å². The van der Waals surface area contributed by atoms with Gasteiger partial charge in [-0.15, -0.1) is 0 Å². The first-order valence-corrected chi connectivity index (χ1v) is 7.78. The molecule has 1 heterocycles. The van der Waals surface area contributed by atoms with Crippen LogP contribution < -0.4 is 15.1 Å². The van der Waals surface area contributed by atoms with Gasteiger partial charge in [0.15, 0.2) is 11.3 Å². The molecule has 0 aliphatic heterocycles. The number of fused-ring (bicyclic) bond motifs is 1. The minimum atomic E-state index is -0.909. The monoisotopic (exact) mass is 365 g/mol. The zero-order chi connectivity index (χ0) is 19.6. The third kappa shape index (κ3) is 3.46. The molecule has 0 radical (unpaired) electrons. The first kappa shape index (κ1) is 19.2. The third-order valence-electron chi connectivity index (χ3n) is 3.77. The fourth-order valence-corrected chi connectivity index (χ4v) is 2.49. The number of methoxy groups -OCH3 is 2. The van der Waals surface area contributed by atoms with Crippen LogP contribution in [0.3, 0.4) is 0 Å². The molecule has 0 aliphatic rings. The van der Waals surface area contributed by atoms with E-state index in [2.05, 4.69) is 0 Å². The maximum Gasteiger partial charge on any atom is 0.336 e. The zero-order valence-electron chi connectivity index (χ0n) is 15.0. The lowest BCUT2D eigenvalue weighted by atomic mass is 10.0. The zero-order valence-corrected chi connectivity index (χ0v) is 15.0. The van der Waals surface area contributed by atoms with Crippen molar-refractivity contribution < 1.29 is 28.3 Å². The van der Waals surface area contributed by atoms with E-state index in [1.807, 2.05) is 0 Å². The molecule has 1 unspecified atom stereocenters.